The Bertz CT molecular complexity index is 1030. The molecule has 1 spiro atoms. The third kappa shape index (κ3) is 1.74. The number of para-hydroxylation sites is 1. The molecule has 3 aromatic rings. The van der Waals surface area contributed by atoms with Crippen molar-refractivity contribution in [1.29, 1.82) is 0 Å². The Morgan fingerprint density at radius 2 is 1.56 bits per heavy atom. The van der Waals surface area contributed by atoms with Crippen LogP contribution < -0.4 is 9.64 Å². The number of hydrogen-bond acceptors (Lipinski definition) is 2. The Kier molecular flexibility index (Phi) is 2.72. The van der Waals surface area contributed by atoms with Crippen molar-refractivity contribution in [1.82, 2.24) is 0 Å². The van der Waals surface area contributed by atoms with Gasteiger partial charge in [-0.3, -0.25) is 0 Å². The standard InChI is InChI=1S/C23H21NO/c1-22(2)19-10-6-7-11-20(19)24(3)23(22)13-12-18-14-16-8-4-5-9-17(16)15-21(18)25-23/h4-15H,1-3H3/t23-/m1/s1. The van der Waals surface area contributed by atoms with E-state index in [2.05, 4.69) is 98.6 Å². The van der Waals surface area contributed by atoms with E-state index >= 15 is 0 Å². The highest BCUT2D eigenvalue weighted by atomic mass is 16.5. The maximum atomic E-state index is 6.74. The van der Waals surface area contributed by atoms with Gasteiger partial charge in [-0.15, -0.1) is 0 Å². The Labute approximate surface area is 148 Å². The lowest BCUT2D eigenvalue weighted by molar-refractivity contribution is 0.0583. The summed E-state index contributed by atoms with van der Waals surface area (Å²) >= 11 is 0. The van der Waals surface area contributed by atoms with Gasteiger partial charge < -0.3 is 9.64 Å². The molecule has 0 unspecified atom stereocenters. The van der Waals surface area contributed by atoms with Crippen molar-refractivity contribution in [3.05, 3.63) is 77.9 Å². The lowest BCUT2D eigenvalue weighted by Crippen LogP contribution is -2.58. The quantitative estimate of drug-likeness (QED) is 0.550. The number of rotatable bonds is 0. The fourth-order valence-corrected chi connectivity index (χ4v) is 4.46. The molecule has 0 aromatic heterocycles. The molecule has 2 nitrogen and oxygen atoms in total. The zero-order chi connectivity index (χ0) is 17.2. The van der Waals surface area contributed by atoms with E-state index in [1.165, 1.54) is 22.0 Å². The van der Waals surface area contributed by atoms with Crippen molar-refractivity contribution in [2.24, 2.45) is 0 Å². The van der Waals surface area contributed by atoms with Crippen molar-refractivity contribution in [2.75, 3.05) is 11.9 Å². The van der Waals surface area contributed by atoms with E-state index in [0.29, 0.717) is 0 Å². The van der Waals surface area contributed by atoms with Gasteiger partial charge in [0, 0.05) is 18.3 Å². The zero-order valence-corrected chi connectivity index (χ0v) is 14.8. The summed E-state index contributed by atoms with van der Waals surface area (Å²) < 4.78 is 6.74. The number of nitrogens with zero attached hydrogens (tertiary/aromatic N) is 1. The summed E-state index contributed by atoms with van der Waals surface area (Å²) in [6.45, 7) is 4.54. The Morgan fingerprint density at radius 3 is 2.32 bits per heavy atom. The molecule has 124 valence electrons. The van der Waals surface area contributed by atoms with Crippen LogP contribution in [0.3, 0.4) is 0 Å². The molecular weight excluding hydrogens is 306 g/mol. The first-order valence-corrected chi connectivity index (χ1v) is 8.77. The summed E-state index contributed by atoms with van der Waals surface area (Å²) in [5, 5.41) is 2.45. The van der Waals surface area contributed by atoms with Gasteiger partial charge in [-0.05, 0) is 60.5 Å². The van der Waals surface area contributed by atoms with Gasteiger partial charge in [-0.25, -0.2) is 0 Å². The van der Waals surface area contributed by atoms with Crippen LogP contribution in [0.5, 0.6) is 5.75 Å². The first-order valence-electron chi connectivity index (χ1n) is 8.77. The van der Waals surface area contributed by atoms with E-state index in [1.807, 2.05) is 0 Å². The van der Waals surface area contributed by atoms with Crippen LogP contribution in [0.1, 0.15) is 25.0 Å². The predicted molar refractivity (Wildman–Crippen MR) is 104 cm³/mol. The molecule has 0 fully saturated rings. The van der Waals surface area contributed by atoms with Gasteiger partial charge in [0.05, 0.1) is 5.41 Å². The fraction of sp³-hybridized carbons (Fsp3) is 0.217. The number of ether oxygens (including phenoxy) is 1. The van der Waals surface area contributed by atoms with Crippen molar-refractivity contribution >= 4 is 22.5 Å². The van der Waals surface area contributed by atoms with Crippen LogP contribution >= 0.6 is 0 Å². The topological polar surface area (TPSA) is 12.5 Å². The van der Waals surface area contributed by atoms with Crippen LogP contribution in [0.25, 0.3) is 16.8 Å². The largest absolute Gasteiger partial charge is 0.463 e. The molecule has 3 aromatic carbocycles. The lowest BCUT2D eigenvalue weighted by atomic mass is 9.76. The first-order chi connectivity index (χ1) is 12.0. The van der Waals surface area contributed by atoms with E-state index in [-0.39, 0.29) is 5.41 Å². The van der Waals surface area contributed by atoms with Crippen LogP contribution in [0.15, 0.2) is 66.7 Å². The van der Waals surface area contributed by atoms with Crippen LogP contribution in [-0.4, -0.2) is 12.8 Å². The minimum Gasteiger partial charge on any atom is -0.463 e. The summed E-state index contributed by atoms with van der Waals surface area (Å²) in [6.07, 6.45) is 4.44. The highest BCUT2D eigenvalue weighted by Gasteiger charge is 2.57. The summed E-state index contributed by atoms with van der Waals surface area (Å²) in [6, 6.07) is 21.4. The van der Waals surface area contributed by atoms with E-state index in [4.69, 9.17) is 4.74 Å². The molecule has 5 rings (SSSR count). The molecule has 1 atom stereocenters. The van der Waals surface area contributed by atoms with Gasteiger partial charge in [0.1, 0.15) is 5.75 Å². The van der Waals surface area contributed by atoms with Crippen molar-refractivity contribution in [3.63, 3.8) is 0 Å². The Hall–Kier alpha value is -2.74. The Morgan fingerprint density at radius 1 is 0.880 bits per heavy atom. The van der Waals surface area contributed by atoms with Crippen LogP contribution in [0.2, 0.25) is 0 Å². The lowest BCUT2D eigenvalue weighted by Gasteiger charge is -2.45. The van der Waals surface area contributed by atoms with Gasteiger partial charge in [-0.2, -0.15) is 0 Å². The fourth-order valence-electron chi connectivity index (χ4n) is 4.46. The second-order valence-electron chi connectivity index (χ2n) is 7.57. The Balaban J connectivity index is 1.70. The third-order valence-electron chi connectivity index (χ3n) is 5.97. The molecule has 0 N–H and O–H groups in total. The molecule has 25 heavy (non-hydrogen) atoms. The van der Waals surface area contributed by atoms with Crippen LogP contribution in [-0.2, 0) is 5.41 Å². The number of likely N-dealkylation sites (N-methyl/N-ethyl adjacent to an activating group) is 1. The molecule has 0 aliphatic carbocycles. The third-order valence-corrected chi connectivity index (χ3v) is 5.97. The number of benzene rings is 3. The summed E-state index contributed by atoms with van der Waals surface area (Å²) in [4.78, 5) is 2.27. The molecule has 2 aliphatic heterocycles. The van der Waals surface area contributed by atoms with Crippen molar-refractivity contribution < 1.29 is 4.74 Å². The summed E-state index contributed by atoms with van der Waals surface area (Å²) in [5.74, 6) is 0.953. The summed E-state index contributed by atoms with van der Waals surface area (Å²) in [5.41, 5.74) is 3.04. The van der Waals surface area contributed by atoms with E-state index in [9.17, 15) is 0 Å². The predicted octanol–water partition coefficient (Wildman–Crippen LogP) is 5.37. The second-order valence-corrected chi connectivity index (χ2v) is 7.57. The van der Waals surface area contributed by atoms with Crippen molar-refractivity contribution in [3.8, 4) is 5.75 Å². The average Bonchev–Trinajstić information content (AvgIpc) is 2.79. The molecule has 2 heteroatoms. The molecule has 0 radical (unpaired) electrons. The number of hydrogen-bond donors (Lipinski definition) is 0. The van der Waals surface area contributed by atoms with Crippen LogP contribution in [0, 0.1) is 0 Å². The smallest absolute Gasteiger partial charge is 0.211 e. The number of anilines is 1. The second kappa shape index (κ2) is 4.66. The molecule has 0 amide bonds. The molecular formula is C23H21NO. The SMILES string of the molecule is CN1c2ccccc2C(C)(C)[C@]12C=Cc1cc3ccccc3cc1O2. The average molecular weight is 327 g/mol. The molecule has 0 saturated carbocycles. The molecule has 0 bridgehead atoms. The summed E-state index contributed by atoms with van der Waals surface area (Å²) in [7, 11) is 2.13. The molecule has 2 aliphatic rings. The minimum atomic E-state index is -0.508. The molecule has 0 saturated heterocycles. The molecule has 2 heterocycles. The highest BCUT2D eigenvalue weighted by Crippen LogP contribution is 2.54. The maximum absolute atomic E-state index is 6.74. The first kappa shape index (κ1) is 14.6. The van der Waals surface area contributed by atoms with Crippen LogP contribution in [0.4, 0.5) is 5.69 Å². The maximum Gasteiger partial charge on any atom is 0.211 e. The monoisotopic (exact) mass is 327 g/mol. The minimum absolute atomic E-state index is 0.155. The van der Waals surface area contributed by atoms with Gasteiger partial charge in [0.15, 0.2) is 0 Å². The van der Waals surface area contributed by atoms with E-state index in [0.717, 1.165) is 11.3 Å². The van der Waals surface area contributed by atoms with Gasteiger partial charge in [0.25, 0.3) is 0 Å². The van der Waals surface area contributed by atoms with Gasteiger partial charge in [-0.1, -0.05) is 42.5 Å². The van der Waals surface area contributed by atoms with Gasteiger partial charge in [0.2, 0.25) is 5.72 Å². The highest BCUT2D eigenvalue weighted by molar-refractivity contribution is 5.88. The van der Waals surface area contributed by atoms with E-state index in [1.54, 1.807) is 0 Å². The normalized spacial score (nSPS) is 22.8. The van der Waals surface area contributed by atoms with Gasteiger partial charge >= 0.3 is 0 Å². The zero-order valence-electron chi connectivity index (χ0n) is 14.8. The van der Waals surface area contributed by atoms with Crippen molar-refractivity contribution in [2.45, 2.75) is 25.0 Å². The van der Waals surface area contributed by atoms with E-state index < -0.39 is 5.72 Å². The number of fused-ring (bicyclic) bond motifs is 3.